The first-order chi connectivity index (χ1) is 17.0. The molecule has 0 aliphatic rings. The van der Waals surface area contributed by atoms with Crippen LogP contribution >= 0.6 is 11.6 Å². The molecule has 0 aliphatic carbocycles. The number of aryl methyl sites for hydroxylation is 1. The van der Waals surface area contributed by atoms with Crippen molar-refractivity contribution >= 4 is 34.0 Å². The van der Waals surface area contributed by atoms with Crippen LogP contribution in [0.15, 0.2) is 85.0 Å². The number of aliphatic imine (C=N–C) groups is 1. The molecule has 0 atom stereocenters. The Morgan fingerprint density at radius 3 is 2.57 bits per heavy atom. The summed E-state index contributed by atoms with van der Waals surface area (Å²) in [4.78, 5) is 14.4. The molecule has 1 aromatic carbocycles. The Morgan fingerprint density at radius 2 is 1.94 bits per heavy atom. The second-order valence-corrected chi connectivity index (χ2v) is 7.65. The van der Waals surface area contributed by atoms with E-state index in [0.717, 1.165) is 44.8 Å². The highest BCUT2D eigenvalue weighted by molar-refractivity contribution is 6.33. The van der Waals surface area contributed by atoms with Crippen LogP contribution in [-0.2, 0) is 7.05 Å². The number of halogens is 1. The third-order valence-corrected chi connectivity index (χ3v) is 5.51. The van der Waals surface area contributed by atoms with Crippen LogP contribution in [0.4, 0.5) is 5.69 Å². The topological polar surface area (TPSA) is 88.1 Å². The fourth-order valence-electron chi connectivity index (χ4n) is 3.46. The minimum Gasteiger partial charge on any atom is -0.347 e. The van der Waals surface area contributed by atoms with Crippen molar-refractivity contribution in [2.75, 3.05) is 18.6 Å². The molecule has 8 heteroatoms. The molecule has 0 fully saturated rings. The van der Waals surface area contributed by atoms with Crippen LogP contribution in [0.2, 0.25) is 5.02 Å². The van der Waals surface area contributed by atoms with Crippen molar-refractivity contribution in [3.8, 4) is 11.1 Å². The van der Waals surface area contributed by atoms with Crippen molar-refractivity contribution in [2.24, 2.45) is 17.8 Å². The summed E-state index contributed by atoms with van der Waals surface area (Å²) in [6.45, 7) is 12.2. The van der Waals surface area contributed by atoms with Crippen LogP contribution in [0.1, 0.15) is 26.3 Å². The molecule has 184 valence electrons. The van der Waals surface area contributed by atoms with Crippen molar-refractivity contribution in [3.63, 3.8) is 0 Å². The Labute approximate surface area is 212 Å². The van der Waals surface area contributed by atoms with E-state index in [1.54, 1.807) is 4.68 Å². The number of para-hydroxylation sites is 1. The van der Waals surface area contributed by atoms with E-state index in [-0.39, 0.29) is 6.67 Å². The van der Waals surface area contributed by atoms with Crippen molar-refractivity contribution in [2.45, 2.75) is 20.8 Å². The molecule has 0 spiro atoms. The van der Waals surface area contributed by atoms with Crippen molar-refractivity contribution in [1.82, 2.24) is 19.7 Å². The van der Waals surface area contributed by atoms with Crippen LogP contribution in [0, 0.1) is 0 Å². The first kappa shape index (κ1) is 27.6. The Bertz CT molecular complexity index is 1300. The van der Waals surface area contributed by atoms with Crippen LogP contribution in [0.3, 0.4) is 0 Å². The number of nitrogens with zero attached hydrogens (tertiary/aromatic N) is 5. The standard InChI is InChI=1S/C23H24ClN7.C2H6.C2H4/c1-15(31(3)22-7-5-4-6-20(22)24)8-21(28-14-25)19-12-27-23-18(19)9-16(10-26-23)17-11-29-30(2)13-17;2*1-2/h4-13H,14,25H2,1-3H3,(H,26,27);1-2H3;1-2H2/b15-8+,28-21+;;. The van der Waals surface area contributed by atoms with Gasteiger partial charge < -0.3 is 15.6 Å². The van der Waals surface area contributed by atoms with E-state index in [9.17, 15) is 0 Å². The van der Waals surface area contributed by atoms with Gasteiger partial charge in [0.05, 0.1) is 29.3 Å². The van der Waals surface area contributed by atoms with Gasteiger partial charge in [-0.3, -0.25) is 9.67 Å². The second-order valence-electron chi connectivity index (χ2n) is 7.25. The van der Waals surface area contributed by atoms with Crippen molar-refractivity contribution in [1.29, 1.82) is 0 Å². The highest BCUT2D eigenvalue weighted by Crippen LogP contribution is 2.28. The van der Waals surface area contributed by atoms with Crippen LogP contribution in [0.5, 0.6) is 0 Å². The summed E-state index contributed by atoms with van der Waals surface area (Å²) in [5, 5.41) is 5.92. The maximum absolute atomic E-state index is 6.38. The molecule has 7 nitrogen and oxygen atoms in total. The third kappa shape index (κ3) is 6.47. The number of fused-ring (bicyclic) bond motifs is 1. The number of aromatic nitrogens is 4. The van der Waals surface area contributed by atoms with Crippen molar-refractivity contribution < 1.29 is 0 Å². The summed E-state index contributed by atoms with van der Waals surface area (Å²) in [7, 11) is 3.87. The molecule has 0 bridgehead atoms. The van der Waals surface area contributed by atoms with E-state index in [1.807, 2.05) is 94.9 Å². The summed E-state index contributed by atoms with van der Waals surface area (Å²) in [6, 6.07) is 9.83. The smallest absolute Gasteiger partial charge is 0.137 e. The van der Waals surface area contributed by atoms with E-state index in [4.69, 9.17) is 17.3 Å². The molecule has 0 saturated heterocycles. The van der Waals surface area contributed by atoms with E-state index in [1.165, 1.54) is 0 Å². The number of hydrogen-bond acceptors (Lipinski definition) is 5. The Hall–Kier alpha value is -3.68. The van der Waals surface area contributed by atoms with Gasteiger partial charge in [0.2, 0.25) is 0 Å². The van der Waals surface area contributed by atoms with E-state index in [2.05, 4.69) is 39.3 Å². The van der Waals surface area contributed by atoms with E-state index in [0.29, 0.717) is 5.02 Å². The van der Waals surface area contributed by atoms with Gasteiger partial charge in [-0.15, -0.1) is 13.2 Å². The van der Waals surface area contributed by atoms with Gasteiger partial charge in [-0.05, 0) is 31.2 Å². The zero-order valence-electron chi connectivity index (χ0n) is 21.1. The lowest BCUT2D eigenvalue weighted by Gasteiger charge is -2.21. The van der Waals surface area contributed by atoms with Crippen LogP contribution in [0.25, 0.3) is 22.2 Å². The molecular weight excluding hydrogens is 458 g/mol. The number of H-pyrrole nitrogens is 1. The quantitative estimate of drug-likeness (QED) is 0.248. The van der Waals surface area contributed by atoms with Gasteiger partial charge in [0, 0.05) is 60.5 Å². The molecule has 35 heavy (non-hydrogen) atoms. The number of aromatic amines is 1. The molecule has 3 N–H and O–H groups in total. The Balaban J connectivity index is 0.00000103. The van der Waals surface area contributed by atoms with Gasteiger partial charge in [0.1, 0.15) is 5.65 Å². The normalized spacial score (nSPS) is 11.4. The van der Waals surface area contributed by atoms with Gasteiger partial charge in [-0.2, -0.15) is 5.10 Å². The summed E-state index contributed by atoms with van der Waals surface area (Å²) in [5.41, 5.74) is 12.2. The molecule has 0 aliphatic heterocycles. The van der Waals surface area contributed by atoms with E-state index >= 15 is 0 Å². The van der Waals surface area contributed by atoms with Crippen LogP contribution < -0.4 is 10.6 Å². The van der Waals surface area contributed by atoms with Gasteiger partial charge in [-0.25, -0.2) is 4.98 Å². The van der Waals surface area contributed by atoms with Gasteiger partial charge in [-0.1, -0.05) is 37.6 Å². The molecule has 0 saturated carbocycles. The fourth-order valence-corrected chi connectivity index (χ4v) is 3.72. The predicted octanol–water partition coefficient (Wildman–Crippen LogP) is 6.19. The average Bonchev–Trinajstić information content (AvgIpc) is 3.52. The third-order valence-electron chi connectivity index (χ3n) is 5.20. The Kier molecular flexibility index (Phi) is 10.5. The molecular formula is C27H34ClN7. The number of pyridine rings is 1. The second kappa shape index (κ2) is 13.3. The van der Waals surface area contributed by atoms with E-state index < -0.39 is 0 Å². The number of hydrogen-bond donors (Lipinski definition) is 2. The maximum atomic E-state index is 6.38. The summed E-state index contributed by atoms with van der Waals surface area (Å²) >= 11 is 6.38. The van der Waals surface area contributed by atoms with Gasteiger partial charge in [0.15, 0.2) is 0 Å². The zero-order chi connectivity index (χ0) is 26.0. The van der Waals surface area contributed by atoms with Gasteiger partial charge >= 0.3 is 0 Å². The first-order valence-electron chi connectivity index (χ1n) is 11.4. The number of rotatable bonds is 6. The molecule has 4 aromatic rings. The number of benzene rings is 1. The minimum absolute atomic E-state index is 0.178. The highest BCUT2D eigenvalue weighted by atomic mass is 35.5. The summed E-state index contributed by atoms with van der Waals surface area (Å²) in [6.07, 6.45) is 9.55. The SMILES string of the molecule is C/C(=C\C(=N/CN)c1c[nH]c2ncc(-c3cnn(C)c3)cc12)N(C)c1ccccc1Cl.C=C.CC. The monoisotopic (exact) mass is 491 g/mol. The summed E-state index contributed by atoms with van der Waals surface area (Å²) in [5.74, 6) is 0. The molecule has 4 rings (SSSR count). The maximum Gasteiger partial charge on any atom is 0.137 e. The minimum atomic E-state index is 0.178. The zero-order valence-corrected chi connectivity index (χ0v) is 21.8. The fraction of sp³-hybridized carbons (Fsp3) is 0.222. The van der Waals surface area contributed by atoms with Gasteiger partial charge in [0.25, 0.3) is 0 Å². The number of allylic oxidation sites excluding steroid dienone is 2. The summed E-state index contributed by atoms with van der Waals surface area (Å²) < 4.78 is 1.77. The van der Waals surface area contributed by atoms with Crippen LogP contribution in [-0.4, -0.2) is 39.2 Å². The molecule has 0 radical (unpaired) electrons. The molecule has 3 heterocycles. The molecule has 3 aromatic heterocycles. The first-order valence-corrected chi connectivity index (χ1v) is 11.7. The Morgan fingerprint density at radius 1 is 1.23 bits per heavy atom. The number of nitrogens with one attached hydrogen (secondary N) is 1. The largest absolute Gasteiger partial charge is 0.347 e. The lowest BCUT2D eigenvalue weighted by atomic mass is 10.1. The lowest BCUT2D eigenvalue weighted by molar-refractivity contribution is 0.768. The average molecular weight is 492 g/mol. The lowest BCUT2D eigenvalue weighted by Crippen LogP contribution is -2.16. The molecule has 0 unspecified atom stereocenters. The number of anilines is 1. The number of nitrogens with two attached hydrogens (primary N) is 1. The highest BCUT2D eigenvalue weighted by Gasteiger charge is 2.14. The van der Waals surface area contributed by atoms with Crippen molar-refractivity contribution in [3.05, 3.63) is 90.6 Å². The predicted molar refractivity (Wildman–Crippen MR) is 150 cm³/mol. The molecule has 0 amide bonds.